The van der Waals surface area contributed by atoms with E-state index in [4.69, 9.17) is 0 Å². The van der Waals surface area contributed by atoms with E-state index in [1.54, 1.807) is 11.1 Å². The van der Waals surface area contributed by atoms with Gasteiger partial charge >= 0.3 is 0 Å². The van der Waals surface area contributed by atoms with E-state index < -0.39 is 0 Å². The molecule has 5 heteroatoms. The maximum atomic E-state index is 12.2. The highest BCUT2D eigenvalue weighted by molar-refractivity contribution is 5.94. The van der Waals surface area contributed by atoms with Crippen LogP contribution in [0.5, 0.6) is 0 Å². The van der Waals surface area contributed by atoms with Gasteiger partial charge in [0.1, 0.15) is 0 Å². The molecule has 2 aromatic rings. The summed E-state index contributed by atoms with van der Waals surface area (Å²) in [7, 11) is 3.69. The Morgan fingerprint density at radius 1 is 1.30 bits per heavy atom. The standard InChI is InChI=1S/C15H20N4O/c1-12-8-9-17-19(12)14-6-4-13(5-7-14)15(20)18(3)11-10-16-2/h4-9,16H,10-11H2,1-3H3. The van der Waals surface area contributed by atoms with Gasteiger partial charge < -0.3 is 10.2 Å². The average Bonchev–Trinajstić information content (AvgIpc) is 2.90. The van der Waals surface area contributed by atoms with Gasteiger partial charge in [0, 0.05) is 37.6 Å². The van der Waals surface area contributed by atoms with Crippen molar-refractivity contribution in [2.45, 2.75) is 6.92 Å². The second kappa shape index (κ2) is 6.34. The van der Waals surface area contributed by atoms with Crippen LogP contribution in [0.15, 0.2) is 36.5 Å². The first-order chi connectivity index (χ1) is 9.63. The fraction of sp³-hybridized carbons (Fsp3) is 0.333. The summed E-state index contributed by atoms with van der Waals surface area (Å²) in [5.74, 6) is 0.0315. The van der Waals surface area contributed by atoms with E-state index in [0.717, 1.165) is 17.9 Å². The van der Waals surface area contributed by atoms with E-state index in [9.17, 15) is 4.79 Å². The van der Waals surface area contributed by atoms with E-state index in [-0.39, 0.29) is 5.91 Å². The molecule has 1 heterocycles. The molecular formula is C15H20N4O. The Morgan fingerprint density at radius 2 is 2.00 bits per heavy atom. The Labute approximate surface area is 119 Å². The number of carbonyl (C=O) groups excluding carboxylic acids is 1. The summed E-state index contributed by atoms with van der Waals surface area (Å²) in [6.45, 7) is 3.47. The number of hydrogen-bond acceptors (Lipinski definition) is 3. The Kier molecular flexibility index (Phi) is 4.53. The number of carbonyl (C=O) groups is 1. The van der Waals surface area contributed by atoms with Gasteiger partial charge in [-0.25, -0.2) is 4.68 Å². The van der Waals surface area contributed by atoms with E-state index in [0.29, 0.717) is 12.1 Å². The van der Waals surface area contributed by atoms with Crippen molar-refractivity contribution < 1.29 is 4.79 Å². The summed E-state index contributed by atoms with van der Waals surface area (Å²) in [4.78, 5) is 13.9. The van der Waals surface area contributed by atoms with Crippen LogP contribution in [0, 0.1) is 6.92 Å². The lowest BCUT2D eigenvalue weighted by molar-refractivity contribution is 0.0797. The minimum Gasteiger partial charge on any atom is -0.340 e. The van der Waals surface area contributed by atoms with Crippen LogP contribution in [0.3, 0.4) is 0 Å². The number of rotatable bonds is 5. The summed E-state index contributed by atoms with van der Waals surface area (Å²) in [6, 6.07) is 9.46. The first-order valence-corrected chi connectivity index (χ1v) is 6.64. The molecule has 1 aromatic heterocycles. The molecule has 0 saturated carbocycles. The molecule has 0 aliphatic rings. The Morgan fingerprint density at radius 3 is 2.55 bits per heavy atom. The van der Waals surface area contributed by atoms with Crippen LogP contribution in [0.4, 0.5) is 0 Å². The number of aryl methyl sites for hydroxylation is 1. The monoisotopic (exact) mass is 272 g/mol. The van der Waals surface area contributed by atoms with Crippen molar-refractivity contribution in [3.8, 4) is 5.69 Å². The minimum atomic E-state index is 0.0315. The molecule has 0 aliphatic carbocycles. The normalized spacial score (nSPS) is 10.6. The molecule has 20 heavy (non-hydrogen) atoms. The smallest absolute Gasteiger partial charge is 0.253 e. The van der Waals surface area contributed by atoms with Gasteiger partial charge in [0.25, 0.3) is 5.91 Å². The van der Waals surface area contributed by atoms with Crippen LogP contribution in [0.25, 0.3) is 5.69 Å². The number of hydrogen-bond donors (Lipinski definition) is 1. The zero-order chi connectivity index (χ0) is 14.5. The van der Waals surface area contributed by atoms with Gasteiger partial charge in [0.15, 0.2) is 0 Å². The molecule has 0 radical (unpaired) electrons. The summed E-state index contributed by atoms with van der Waals surface area (Å²) < 4.78 is 1.85. The predicted molar refractivity (Wildman–Crippen MR) is 79.2 cm³/mol. The van der Waals surface area contributed by atoms with Gasteiger partial charge in [0.05, 0.1) is 5.69 Å². The van der Waals surface area contributed by atoms with E-state index in [1.807, 2.05) is 56.0 Å². The maximum absolute atomic E-state index is 12.2. The second-order valence-corrected chi connectivity index (χ2v) is 4.76. The lowest BCUT2D eigenvalue weighted by Crippen LogP contribution is -2.32. The van der Waals surface area contributed by atoms with Gasteiger partial charge in [-0.2, -0.15) is 5.10 Å². The number of nitrogens with one attached hydrogen (secondary N) is 1. The Balaban J connectivity index is 2.12. The van der Waals surface area contributed by atoms with Crippen LogP contribution < -0.4 is 5.32 Å². The molecule has 5 nitrogen and oxygen atoms in total. The zero-order valence-corrected chi connectivity index (χ0v) is 12.1. The first kappa shape index (κ1) is 14.3. The molecule has 0 aliphatic heterocycles. The van der Waals surface area contributed by atoms with E-state index in [1.165, 1.54) is 0 Å². The van der Waals surface area contributed by atoms with Gasteiger partial charge in [-0.1, -0.05) is 0 Å². The molecule has 1 amide bonds. The highest BCUT2D eigenvalue weighted by atomic mass is 16.2. The second-order valence-electron chi connectivity index (χ2n) is 4.76. The van der Waals surface area contributed by atoms with Crippen molar-refractivity contribution in [1.82, 2.24) is 20.0 Å². The van der Waals surface area contributed by atoms with Crippen molar-refractivity contribution in [2.75, 3.05) is 27.2 Å². The Hall–Kier alpha value is -2.14. The Bertz CT molecular complexity index is 574. The SMILES string of the molecule is CNCCN(C)C(=O)c1ccc(-n2nccc2C)cc1. The van der Waals surface area contributed by atoms with E-state index >= 15 is 0 Å². The fourth-order valence-electron chi connectivity index (χ4n) is 1.99. The molecule has 0 unspecified atom stereocenters. The fourth-order valence-corrected chi connectivity index (χ4v) is 1.99. The number of nitrogens with zero attached hydrogens (tertiary/aromatic N) is 3. The number of likely N-dealkylation sites (N-methyl/N-ethyl adjacent to an activating group) is 2. The van der Waals surface area contributed by atoms with Gasteiger partial charge in [0.2, 0.25) is 0 Å². The third-order valence-corrected chi connectivity index (χ3v) is 3.23. The highest BCUT2D eigenvalue weighted by Crippen LogP contribution is 2.12. The number of aromatic nitrogens is 2. The molecule has 0 spiro atoms. The molecule has 106 valence electrons. The summed E-state index contributed by atoms with van der Waals surface area (Å²) in [5, 5.41) is 7.28. The largest absolute Gasteiger partial charge is 0.340 e. The summed E-state index contributed by atoms with van der Waals surface area (Å²) >= 11 is 0. The zero-order valence-electron chi connectivity index (χ0n) is 12.1. The van der Waals surface area contributed by atoms with Crippen LogP contribution in [0.2, 0.25) is 0 Å². The molecule has 1 aromatic carbocycles. The quantitative estimate of drug-likeness (QED) is 0.897. The van der Waals surface area contributed by atoms with Crippen molar-refractivity contribution in [3.05, 3.63) is 47.8 Å². The highest BCUT2D eigenvalue weighted by Gasteiger charge is 2.11. The third-order valence-electron chi connectivity index (χ3n) is 3.23. The summed E-state index contributed by atoms with van der Waals surface area (Å²) in [6.07, 6.45) is 1.76. The van der Waals surface area contributed by atoms with Crippen LogP contribution in [-0.2, 0) is 0 Å². The molecule has 0 atom stereocenters. The lowest BCUT2D eigenvalue weighted by atomic mass is 10.2. The molecule has 0 bridgehead atoms. The first-order valence-electron chi connectivity index (χ1n) is 6.64. The predicted octanol–water partition coefficient (Wildman–Crippen LogP) is 1.47. The van der Waals surface area contributed by atoms with Crippen molar-refractivity contribution in [2.24, 2.45) is 0 Å². The lowest BCUT2D eigenvalue weighted by Gasteiger charge is -2.17. The van der Waals surface area contributed by atoms with Gasteiger partial charge in [-0.05, 0) is 44.3 Å². The van der Waals surface area contributed by atoms with E-state index in [2.05, 4.69) is 10.4 Å². The molecule has 1 N–H and O–H groups in total. The van der Waals surface area contributed by atoms with Crippen molar-refractivity contribution >= 4 is 5.91 Å². The molecule has 0 saturated heterocycles. The molecular weight excluding hydrogens is 252 g/mol. The van der Waals surface area contributed by atoms with Crippen LogP contribution in [0.1, 0.15) is 16.1 Å². The van der Waals surface area contributed by atoms with Crippen LogP contribution >= 0.6 is 0 Å². The van der Waals surface area contributed by atoms with Gasteiger partial charge in [-0.3, -0.25) is 4.79 Å². The molecule has 0 fully saturated rings. The maximum Gasteiger partial charge on any atom is 0.253 e. The molecule has 2 rings (SSSR count). The number of amides is 1. The van der Waals surface area contributed by atoms with Crippen molar-refractivity contribution in [1.29, 1.82) is 0 Å². The summed E-state index contributed by atoms with van der Waals surface area (Å²) in [5.41, 5.74) is 2.72. The van der Waals surface area contributed by atoms with Crippen LogP contribution in [-0.4, -0.2) is 47.8 Å². The average molecular weight is 272 g/mol. The minimum absolute atomic E-state index is 0.0315. The topological polar surface area (TPSA) is 50.2 Å². The van der Waals surface area contributed by atoms with Crippen molar-refractivity contribution in [3.63, 3.8) is 0 Å². The third kappa shape index (κ3) is 3.05. The number of benzene rings is 1. The van der Waals surface area contributed by atoms with Gasteiger partial charge in [-0.15, -0.1) is 0 Å².